The van der Waals surface area contributed by atoms with Crippen LogP contribution in [-0.4, -0.2) is 20.4 Å². The van der Waals surface area contributed by atoms with Gasteiger partial charge in [0.2, 0.25) is 0 Å². The Morgan fingerprint density at radius 2 is 1.70 bits per heavy atom. The molecule has 2 aromatic carbocycles. The molecule has 0 aliphatic heterocycles. The Hall–Kier alpha value is -2.49. The molecular weight excluding hydrogens is 254 g/mol. The third-order valence-electron chi connectivity index (χ3n) is 2.76. The summed E-state index contributed by atoms with van der Waals surface area (Å²) in [5.74, 6) is 1.38. The van der Waals surface area contributed by atoms with Crippen LogP contribution in [0.4, 0.5) is 0 Å². The van der Waals surface area contributed by atoms with E-state index in [0.717, 1.165) is 11.1 Å². The van der Waals surface area contributed by atoms with Gasteiger partial charge in [0.25, 0.3) is 0 Å². The zero-order valence-corrected chi connectivity index (χ0v) is 11.6. The SMILES string of the molecule is COc1ccc(CON=Cc2ccccc2)cc1OC. The van der Waals surface area contributed by atoms with E-state index in [1.807, 2.05) is 48.5 Å². The molecule has 0 radical (unpaired) electrons. The predicted molar refractivity (Wildman–Crippen MR) is 78.4 cm³/mol. The zero-order chi connectivity index (χ0) is 14.2. The highest BCUT2D eigenvalue weighted by atomic mass is 16.6. The van der Waals surface area contributed by atoms with Gasteiger partial charge in [0.15, 0.2) is 11.5 Å². The van der Waals surface area contributed by atoms with Gasteiger partial charge in [-0.05, 0) is 23.3 Å². The summed E-state index contributed by atoms with van der Waals surface area (Å²) in [6.45, 7) is 0.379. The lowest BCUT2D eigenvalue weighted by atomic mass is 10.2. The molecule has 0 N–H and O–H groups in total. The molecule has 0 aliphatic rings. The Labute approximate surface area is 118 Å². The maximum atomic E-state index is 5.27. The van der Waals surface area contributed by atoms with E-state index in [-0.39, 0.29) is 0 Å². The number of rotatable bonds is 6. The fourth-order valence-electron chi connectivity index (χ4n) is 1.72. The topological polar surface area (TPSA) is 40.0 Å². The van der Waals surface area contributed by atoms with Crippen LogP contribution >= 0.6 is 0 Å². The van der Waals surface area contributed by atoms with Crippen molar-refractivity contribution in [3.63, 3.8) is 0 Å². The molecule has 0 saturated heterocycles. The molecule has 0 amide bonds. The fraction of sp³-hybridized carbons (Fsp3) is 0.188. The highest BCUT2D eigenvalue weighted by Gasteiger charge is 2.04. The molecular formula is C16H17NO3. The third-order valence-corrected chi connectivity index (χ3v) is 2.76. The van der Waals surface area contributed by atoms with E-state index in [1.54, 1.807) is 20.4 Å². The second kappa shape index (κ2) is 7.19. The van der Waals surface area contributed by atoms with Crippen LogP contribution in [0, 0.1) is 0 Å². The molecule has 0 atom stereocenters. The molecule has 104 valence electrons. The van der Waals surface area contributed by atoms with Gasteiger partial charge in [0.1, 0.15) is 6.61 Å². The highest BCUT2D eigenvalue weighted by Crippen LogP contribution is 2.27. The lowest BCUT2D eigenvalue weighted by Crippen LogP contribution is -1.93. The van der Waals surface area contributed by atoms with Gasteiger partial charge in [-0.15, -0.1) is 0 Å². The Balaban J connectivity index is 1.93. The number of ether oxygens (including phenoxy) is 2. The van der Waals surface area contributed by atoms with Crippen molar-refractivity contribution in [2.75, 3.05) is 14.2 Å². The van der Waals surface area contributed by atoms with Gasteiger partial charge in [-0.3, -0.25) is 0 Å². The Bertz CT molecular complexity index is 567. The van der Waals surface area contributed by atoms with Crippen LogP contribution in [0.3, 0.4) is 0 Å². The summed E-state index contributed by atoms with van der Waals surface area (Å²) in [4.78, 5) is 5.27. The van der Waals surface area contributed by atoms with Gasteiger partial charge in [-0.2, -0.15) is 0 Å². The normalized spacial score (nSPS) is 10.5. The first-order valence-corrected chi connectivity index (χ1v) is 6.25. The molecule has 0 saturated carbocycles. The second-order valence-electron chi connectivity index (χ2n) is 4.11. The van der Waals surface area contributed by atoms with Crippen LogP contribution in [0.1, 0.15) is 11.1 Å². The predicted octanol–water partition coefficient (Wildman–Crippen LogP) is 3.25. The maximum Gasteiger partial charge on any atom is 0.161 e. The zero-order valence-electron chi connectivity index (χ0n) is 11.6. The van der Waals surface area contributed by atoms with Crippen molar-refractivity contribution >= 4 is 6.21 Å². The molecule has 0 heterocycles. The number of methoxy groups -OCH3 is 2. The Kier molecular flexibility index (Phi) is 5.00. The van der Waals surface area contributed by atoms with E-state index in [9.17, 15) is 0 Å². The first kappa shape index (κ1) is 13.9. The van der Waals surface area contributed by atoms with Gasteiger partial charge in [0.05, 0.1) is 20.4 Å². The Morgan fingerprint density at radius 3 is 2.40 bits per heavy atom. The second-order valence-corrected chi connectivity index (χ2v) is 4.11. The van der Waals surface area contributed by atoms with E-state index in [2.05, 4.69) is 5.16 Å². The quantitative estimate of drug-likeness (QED) is 0.598. The third kappa shape index (κ3) is 3.75. The smallest absolute Gasteiger partial charge is 0.161 e. The number of oxime groups is 1. The van der Waals surface area contributed by atoms with Gasteiger partial charge in [0, 0.05) is 0 Å². The van der Waals surface area contributed by atoms with Gasteiger partial charge in [-0.25, -0.2) is 0 Å². The monoisotopic (exact) mass is 271 g/mol. The molecule has 2 aromatic rings. The minimum absolute atomic E-state index is 0.379. The minimum Gasteiger partial charge on any atom is -0.493 e. The Morgan fingerprint density at radius 1 is 0.950 bits per heavy atom. The van der Waals surface area contributed by atoms with Crippen LogP contribution < -0.4 is 9.47 Å². The van der Waals surface area contributed by atoms with Gasteiger partial charge >= 0.3 is 0 Å². The molecule has 2 rings (SSSR count). The summed E-state index contributed by atoms with van der Waals surface area (Å²) < 4.78 is 10.4. The lowest BCUT2D eigenvalue weighted by Gasteiger charge is -2.08. The average molecular weight is 271 g/mol. The molecule has 0 aromatic heterocycles. The maximum absolute atomic E-state index is 5.27. The molecule has 20 heavy (non-hydrogen) atoms. The van der Waals surface area contributed by atoms with E-state index in [1.165, 1.54) is 0 Å². The van der Waals surface area contributed by atoms with Gasteiger partial charge < -0.3 is 14.3 Å². The van der Waals surface area contributed by atoms with Crippen molar-refractivity contribution in [3.05, 3.63) is 59.7 Å². The minimum atomic E-state index is 0.379. The lowest BCUT2D eigenvalue weighted by molar-refractivity contribution is 0.132. The van der Waals surface area contributed by atoms with Crippen molar-refractivity contribution < 1.29 is 14.3 Å². The molecule has 0 spiro atoms. The number of hydrogen-bond donors (Lipinski definition) is 0. The summed E-state index contributed by atoms with van der Waals surface area (Å²) in [5, 5.41) is 3.94. The summed E-state index contributed by atoms with van der Waals surface area (Å²) in [5.41, 5.74) is 1.97. The molecule has 0 unspecified atom stereocenters. The molecule has 0 bridgehead atoms. The number of benzene rings is 2. The summed E-state index contributed by atoms with van der Waals surface area (Å²) in [7, 11) is 3.22. The number of hydrogen-bond acceptors (Lipinski definition) is 4. The van der Waals surface area contributed by atoms with Gasteiger partial charge in [-0.1, -0.05) is 41.6 Å². The first-order valence-electron chi connectivity index (χ1n) is 6.25. The van der Waals surface area contributed by atoms with Crippen LogP contribution in [-0.2, 0) is 11.4 Å². The molecule has 4 nitrogen and oxygen atoms in total. The number of nitrogens with zero attached hydrogens (tertiary/aromatic N) is 1. The van der Waals surface area contributed by atoms with Crippen LogP contribution in [0.2, 0.25) is 0 Å². The summed E-state index contributed by atoms with van der Waals surface area (Å²) in [6.07, 6.45) is 1.68. The average Bonchev–Trinajstić information content (AvgIpc) is 2.52. The highest BCUT2D eigenvalue weighted by molar-refractivity contribution is 5.78. The van der Waals surface area contributed by atoms with E-state index in [0.29, 0.717) is 18.1 Å². The van der Waals surface area contributed by atoms with Crippen molar-refractivity contribution in [3.8, 4) is 11.5 Å². The standard InChI is InChI=1S/C16H17NO3/c1-18-15-9-8-14(10-16(15)19-2)12-20-17-11-13-6-4-3-5-7-13/h3-11H,12H2,1-2H3. The van der Waals surface area contributed by atoms with Crippen LogP contribution in [0.25, 0.3) is 0 Å². The van der Waals surface area contributed by atoms with E-state index in [4.69, 9.17) is 14.3 Å². The van der Waals surface area contributed by atoms with E-state index >= 15 is 0 Å². The van der Waals surface area contributed by atoms with E-state index < -0.39 is 0 Å². The molecule has 0 aliphatic carbocycles. The fourth-order valence-corrected chi connectivity index (χ4v) is 1.72. The van der Waals surface area contributed by atoms with Crippen molar-refractivity contribution in [1.29, 1.82) is 0 Å². The van der Waals surface area contributed by atoms with Crippen LogP contribution in [0.5, 0.6) is 11.5 Å². The van der Waals surface area contributed by atoms with Crippen molar-refractivity contribution in [2.24, 2.45) is 5.16 Å². The van der Waals surface area contributed by atoms with Crippen molar-refractivity contribution in [1.82, 2.24) is 0 Å². The first-order chi connectivity index (χ1) is 9.83. The largest absolute Gasteiger partial charge is 0.493 e. The summed E-state index contributed by atoms with van der Waals surface area (Å²) in [6, 6.07) is 15.4. The van der Waals surface area contributed by atoms with Crippen molar-refractivity contribution in [2.45, 2.75) is 6.61 Å². The van der Waals surface area contributed by atoms with Crippen LogP contribution in [0.15, 0.2) is 53.7 Å². The molecule has 0 fully saturated rings. The molecule has 4 heteroatoms. The summed E-state index contributed by atoms with van der Waals surface area (Å²) >= 11 is 0.